The standard InChI is InChI=1S/C15H18ClNO4/c1-3-10(2)17-14(18)9-21-13-6-5-12(16)8-11(13)4-7-15(19)20/h4-8,10H,3,9H2,1-2H3,(H,17,18)(H,19,20)/b7-4+. The number of rotatable bonds is 7. The van der Waals surface area contributed by atoms with Gasteiger partial charge in [-0.25, -0.2) is 4.79 Å². The summed E-state index contributed by atoms with van der Waals surface area (Å²) in [6.07, 6.45) is 3.19. The predicted octanol–water partition coefficient (Wildman–Crippen LogP) is 2.73. The van der Waals surface area contributed by atoms with Crippen LogP contribution in [0.25, 0.3) is 6.08 Å². The molecular weight excluding hydrogens is 294 g/mol. The summed E-state index contributed by atoms with van der Waals surface area (Å²) in [7, 11) is 0. The molecule has 114 valence electrons. The molecule has 0 bridgehead atoms. The number of amides is 1. The highest BCUT2D eigenvalue weighted by Gasteiger charge is 2.08. The van der Waals surface area contributed by atoms with Crippen LogP contribution in [0.15, 0.2) is 24.3 Å². The lowest BCUT2D eigenvalue weighted by molar-refractivity contribution is -0.131. The van der Waals surface area contributed by atoms with Crippen molar-refractivity contribution >= 4 is 29.6 Å². The second-order valence-corrected chi connectivity index (χ2v) is 4.96. The third kappa shape index (κ3) is 6.31. The van der Waals surface area contributed by atoms with Crippen LogP contribution in [0, 0.1) is 0 Å². The van der Waals surface area contributed by atoms with Gasteiger partial charge >= 0.3 is 5.97 Å². The summed E-state index contributed by atoms with van der Waals surface area (Å²) in [6.45, 7) is 3.74. The average molecular weight is 312 g/mol. The number of hydrogen-bond acceptors (Lipinski definition) is 3. The molecule has 0 aromatic heterocycles. The van der Waals surface area contributed by atoms with Crippen LogP contribution >= 0.6 is 11.6 Å². The smallest absolute Gasteiger partial charge is 0.328 e. The zero-order valence-electron chi connectivity index (χ0n) is 11.9. The predicted molar refractivity (Wildman–Crippen MR) is 81.5 cm³/mol. The van der Waals surface area contributed by atoms with E-state index >= 15 is 0 Å². The Kier molecular flexibility index (Phi) is 6.75. The molecule has 0 fully saturated rings. The van der Waals surface area contributed by atoms with Gasteiger partial charge in [-0.15, -0.1) is 0 Å². The number of benzene rings is 1. The van der Waals surface area contributed by atoms with Gasteiger partial charge in [0.25, 0.3) is 5.91 Å². The van der Waals surface area contributed by atoms with E-state index in [4.69, 9.17) is 21.4 Å². The Hall–Kier alpha value is -2.01. The molecule has 1 rings (SSSR count). The maximum atomic E-state index is 11.7. The van der Waals surface area contributed by atoms with Gasteiger partial charge in [0.15, 0.2) is 6.61 Å². The van der Waals surface area contributed by atoms with Crippen molar-refractivity contribution in [2.24, 2.45) is 0 Å². The SMILES string of the molecule is CCC(C)NC(=O)COc1ccc(Cl)cc1/C=C/C(=O)O. The maximum absolute atomic E-state index is 11.7. The summed E-state index contributed by atoms with van der Waals surface area (Å²) < 4.78 is 5.42. The molecular formula is C15H18ClNO4. The van der Waals surface area contributed by atoms with Gasteiger partial charge in [0.05, 0.1) is 0 Å². The average Bonchev–Trinajstić information content (AvgIpc) is 2.43. The lowest BCUT2D eigenvalue weighted by atomic mass is 10.2. The Morgan fingerprint density at radius 1 is 1.48 bits per heavy atom. The molecule has 6 heteroatoms. The van der Waals surface area contributed by atoms with Gasteiger partial charge in [-0.2, -0.15) is 0 Å². The molecule has 0 spiro atoms. The fraction of sp³-hybridized carbons (Fsp3) is 0.333. The lowest BCUT2D eigenvalue weighted by Crippen LogP contribution is -2.35. The van der Waals surface area contributed by atoms with E-state index in [1.165, 1.54) is 6.08 Å². The number of carboxylic acids is 1. The molecule has 1 aromatic rings. The quantitative estimate of drug-likeness (QED) is 0.759. The number of nitrogens with one attached hydrogen (secondary N) is 1. The molecule has 21 heavy (non-hydrogen) atoms. The van der Waals surface area contributed by atoms with E-state index in [2.05, 4.69) is 5.32 Å². The Balaban J connectivity index is 2.74. The number of hydrogen-bond donors (Lipinski definition) is 2. The fourth-order valence-electron chi connectivity index (χ4n) is 1.50. The molecule has 0 saturated heterocycles. The Morgan fingerprint density at radius 3 is 2.81 bits per heavy atom. The van der Waals surface area contributed by atoms with Crippen LogP contribution in [-0.4, -0.2) is 29.6 Å². The molecule has 0 heterocycles. The topological polar surface area (TPSA) is 75.6 Å². The maximum Gasteiger partial charge on any atom is 0.328 e. The molecule has 1 unspecified atom stereocenters. The first kappa shape index (κ1) is 17.0. The van der Waals surface area contributed by atoms with E-state index < -0.39 is 5.97 Å². The summed E-state index contributed by atoms with van der Waals surface area (Å²) in [5.74, 6) is -0.904. The normalized spacial score (nSPS) is 12.1. The van der Waals surface area contributed by atoms with E-state index in [1.54, 1.807) is 18.2 Å². The number of carbonyl (C=O) groups excluding carboxylic acids is 1. The van der Waals surface area contributed by atoms with Gasteiger partial charge in [-0.1, -0.05) is 18.5 Å². The lowest BCUT2D eigenvalue weighted by Gasteiger charge is -2.13. The molecule has 0 aliphatic rings. The highest BCUT2D eigenvalue weighted by Crippen LogP contribution is 2.24. The third-order valence-corrected chi connectivity index (χ3v) is 2.99. The Labute approximate surface area is 128 Å². The first-order valence-electron chi connectivity index (χ1n) is 6.55. The van der Waals surface area contributed by atoms with Crippen molar-refractivity contribution in [3.8, 4) is 5.75 Å². The van der Waals surface area contributed by atoms with Crippen LogP contribution in [0.4, 0.5) is 0 Å². The molecule has 2 N–H and O–H groups in total. The van der Waals surface area contributed by atoms with Crippen LogP contribution in [0.2, 0.25) is 5.02 Å². The van der Waals surface area contributed by atoms with E-state index in [0.717, 1.165) is 12.5 Å². The summed E-state index contributed by atoms with van der Waals surface area (Å²) in [6, 6.07) is 4.86. The van der Waals surface area contributed by atoms with Gasteiger partial charge in [0.1, 0.15) is 5.75 Å². The number of carboxylic acid groups (broad SMARTS) is 1. The number of halogens is 1. The zero-order chi connectivity index (χ0) is 15.8. The highest BCUT2D eigenvalue weighted by atomic mass is 35.5. The molecule has 5 nitrogen and oxygen atoms in total. The van der Waals surface area contributed by atoms with Gasteiger partial charge in [0, 0.05) is 22.7 Å². The largest absolute Gasteiger partial charge is 0.483 e. The van der Waals surface area contributed by atoms with Crippen molar-refractivity contribution in [1.29, 1.82) is 0 Å². The van der Waals surface area contributed by atoms with Crippen LogP contribution in [0.5, 0.6) is 5.75 Å². The summed E-state index contributed by atoms with van der Waals surface area (Å²) in [5.41, 5.74) is 0.501. The Morgan fingerprint density at radius 2 is 2.19 bits per heavy atom. The molecule has 1 aromatic carbocycles. The van der Waals surface area contributed by atoms with Gasteiger partial charge in [-0.3, -0.25) is 4.79 Å². The minimum absolute atomic E-state index is 0.0812. The highest BCUT2D eigenvalue weighted by molar-refractivity contribution is 6.30. The molecule has 0 aliphatic heterocycles. The van der Waals surface area contributed by atoms with Crippen molar-refractivity contribution in [2.45, 2.75) is 26.3 Å². The van der Waals surface area contributed by atoms with Crippen LogP contribution in [-0.2, 0) is 9.59 Å². The van der Waals surface area contributed by atoms with E-state index in [9.17, 15) is 9.59 Å². The summed E-state index contributed by atoms with van der Waals surface area (Å²) >= 11 is 5.87. The van der Waals surface area contributed by atoms with Crippen LogP contribution in [0.3, 0.4) is 0 Å². The molecule has 0 radical (unpaired) electrons. The van der Waals surface area contributed by atoms with Crippen molar-refractivity contribution in [3.05, 3.63) is 34.9 Å². The van der Waals surface area contributed by atoms with Gasteiger partial charge < -0.3 is 15.2 Å². The first-order chi connectivity index (χ1) is 9.92. The minimum Gasteiger partial charge on any atom is -0.483 e. The molecule has 0 saturated carbocycles. The van der Waals surface area contributed by atoms with Crippen molar-refractivity contribution < 1.29 is 19.4 Å². The van der Waals surface area contributed by atoms with Crippen molar-refractivity contribution in [3.63, 3.8) is 0 Å². The fourth-order valence-corrected chi connectivity index (χ4v) is 1.68. The summed E-state index contributed by atoms with van der Waals surface area (Å²) in [4.78, 5) is 22.2. The van der Waals surface area contributed by atoms with Crippen LogP contribution < -0.4 is 10.1 Å². The van der Waals surface area contributed by atoms with E-state index in [-0.39, 0.29) is 18.6 Å². The second kappa shape index (κ2) is 8.32. The summed E-state index contributed by atoms with van der Waals surface area (Å²) in [5, 5.41) is 11.9. The first-order valence-corrected chi connectivity index (χ1v) is 6.93. The van der Waals surface area contributed by atoms with E-state index in [0.29, 0.717) is 16.3 Å². The Bertz CT molecular complexity index is 542. The monoisotopic (exact) mass is 311 g/mol. The second-order valence-electron chi connectivity index (χ2n) is 4.52. The molecule has 1 atom stereocenters. The number of aliphatic carboxylic acids is 1. The van der Waals surface area contributed by atoms with E-state index in [1.807, 2.05) is 13.8 Å². The molecule has 0 aliphatic carbocycles. The third-order valence-electron chi connectivity index (χ3n) is 2.76. The molecule has 1 amide bonds. The van der Waals surface area contributed by atoms with Crippen molar-refractivity contribution in [1.82, 2.24) is 5.32 Å². The minimum atomic E-state index is -1.07. The van der Waals surface area contributed by atoms with Crippen molar-refractivity contribution in [2.75, 3.05) is 6.61 Å². The van der Waals surface area contributed by atoms with Gasteiger partial charge in [-0.05, 0) is 37.6 Å². The van der Waals surface area contributed by atoms with Gasteiger partial charge in [0.2, 0.25) is 0 Å². The van der Waals surface area contributed by atoms with Crippen LogP contribution in [0.1, 0.15) is 25.8 Å². The number of carbonyl (C=O) groups is 2. The zero-order valence-corrected chi connectivity index (χ0v) is 12.7. The number of ether oxygens (including phenoxy) is 1.